The number of anilines is 1. The van der Waals surface area contributed by atoms with Gasteiger partial charge in [0.2, 0.25) is 5.92 Å². The minimum Gasteiger partial charge on any atom is -0.359 e. The van der Waals surface area contributed by atoms with Crippen molar-refractivity contribution in [2.75, 3.05) is 5.32 Å². The van der Waals surface area contributed by atoms with E-state index in [-0.39, 0.29) is 65.4 Å². The highest BCUT2D eigenvalue weighted by atomic mass is 19.3. The van der Waals surface area contributed by atoms with Gasteiger partial charge in [-0.25, -0.2) is 22.0 Å². The summed E-state index contributed by atoms with van der Waals surface area (Å²) in [7, 11) is 0. The lowest BCUT2D eigenvalue weighted by Gasteiger charge is -2.28. The Balaban J connectivity index is 1.32. The Morgan fingerprint density at radius 1 is 1.06 bits per heavy atom. The van der Waals surface area contributed by atoms with Gasteiger partial charge in [0.1, 0.15) is 5.82 Å². The first kappa shape index (κ1) is 22.1. The molecular weight excluding hydrogens is 459 g/mol. The number of H-pyrrole nitrogens is 1. The van der Waals surface area contributed by atoms with E-state index in [9.17, 15) is 26.7 Å². The molecule has 3 heterocycles. The van der Waals surface area contributed by atoms with E-state index in [4.69, 9.17) is 4.52 Å². The number of carbonyl (C=O) groups excluding carboxylic acids is 1. The third-order valence-corrected chi connectivity index (χ3v) is 5.97. The normalized spacial score (nSPS) is 16.1. The van der Waals surface area contributed by atoms with Crippen LogP contribution in [0.2, 0.25) is 0 Å². The number of nitrogens with zero attached hydrogens (tertiary/aromatic N) is 2. The molecule has 11 heteroatoms. The van der Waals surface area contributed by atoms with Gasteiger partial charge in [-0.15, -0.1) is 0 Å². The molecule has 0 radical (unpaired) electrons. The van der Waals surface area contributed by atoms with Crippen molar-refractivity contribution in [1.29, 1.82) is 0 Å². The number of hydrogen-bond donors (Lipinski definition) is 2. The Kier molecular flexibility index (Phi) is 5.34. The minimum absolute atomic E-state index is 0.0744. The number of alkyl halides is 2. The topological polar surface area (TPSA) is 83.8 Å². The highest BCUT2D eigenvalue weighted by molar-refractivity contribution is 6.08. The summed E-state index contributed by atoms with van der Waals surface area (Å²) in [5, 5.41) is 6.47. The summed E-state index contributed by atoms with van der Waals surface area (Å²) in [4.78, 5) is 19.4. The summed E-state index contributed by atoms with van der Waals surface area (Å²) in [6, 6.07) is 4.36. The zero-order valence-electron chi connectivity index (χ0n) is 17.5. The maximum atomic E-state index is 14.7. The summed E-state index contributed by atoms with van der Waals surface area (Å²) >= 11 is 0. The second kappa shape index (κ2) is 8.23. The molecule has 1 aliphatic rings. The molecule has 0 bridgehead atoms. The van der Waals surface area contributed by atoms with Crippen LogP contribution in [0.25, 0.3) is 22.2 Å². The summed E-state index contributed by atoms with van der Waals surface area (Å²) in [6.45, 7) is 0. The number of carbonyl (C=O) groups is 1. The highest BCUT2D eigenvalue weighted by Crippen LogP contribution is 2.41. The number of benzene rings is 1. The molecule has 1 amide bonds. The van der Waals surface area contributed by atoms with Crippen LogP contribution in [0.4, 0.5) is 27.6 Å². The molecule has 3 aromatic heterocycles. The van der Waals surface area contributed by atoms with E-state index in [0.717, 1.165) is 18.2 Å². The first-order valence-electron chi connectivity index (χ1n) is 10.5. The van der Waals surface area contributed by atoms with Crippen molar-refractivity contribution in [2.24, 2.45) is 0 Å². The number of fused-ring (bicyclic) bond motifs is 1. The molecule has 1 aliphatic carbocycles. The second-order valence-corrected chi connectivity index (χ2v) is 8.27. The number of halogens is 5. The summed E-state index contributed by atoms with van der Waals surface area (Å²) < 4.78 is 73.5. The molecular formula is C23H17F5N4O2. The molecule has 1 aromatic carbocycles. The van der Waals surface area contributed by atoms with Crippen molar-refractivity contribution in [2.45, 2.75) is 37.5 Å². The molecule has 1 saturated carbocycles. The molecule has 0 atom stereocenters. The van der Waals surface area contributed by atoms with E-state index in [1.807, 2.05) is 0 Å². The average Bonchev–Trinajstić information content (AvgIpc) is 3.43. The van der Waals surface area contributed by atoms with Gasteiger partial charge < -0.3 is 14.8 Å². The van der Waals surface area contributed by atoms with E-state index in [2.05, 4.69) is 20.4 Å². The number of hydrogen-bond acceptors (Lipinski definition) is 4. The standard InChI is InChI=1S/C23H17F5N4O2/c24-14-6-13-17(7-15(14)25)29-10-19(13)31-22(33)18-8-20(34-32-18)12-5-16(26)21(30-9-12)11-1-3-23(27,28)4-2-11/h5-11,29H,1-4H2,(H,31,33). The monoisotopic (exact) mass is 476 g/mol. The van der Waals surface area contributed by atoms with Crippen molar-refractivity contribution < 1.29 is 31.3 Å². The number of amides is 1. The predicted molar refractivity (Wildman–Crippen MR) is 112 cm³/mol. The molecule has 0 aliphatic heterocycles. The SMILES string of the molecule is O=C(Nc1c[nH]c2cc(F)c(F)cc12)c1cc(-c2cnc(C3CCC(F)(F)CC3)c(F)c2)on1. The van der Waals surface area contributed by atoms with Gasteiger partial charge in [-0.05, 0) is 25.0 Å². The Morgan fingerprint density at radius 3 is 2.53 bits per heavy atom. The van der Waals surface area contributed by atoms with Crippen LogP contribution in [0.3, 0.4) is 0 Å². The molecule has 34 heavy (non-hydrogen) atoms. The Labute approximate surface area is 189 Å². The zero-order valence-corrected chi connectivity index (χ0v) is 17.5. The van der Waals surface area contributed by atoms with Gasteiger partial charge in [-0.3, -0.25) is 9.78 Å². The van der Waals surface area contributed by atoms with E-state index in [1.165, 1.54) is 18.5 Å². The summed E-state index contributed by atoms with van der Waals surface area (Å²) in [6.07, 6.45) is 2.39. The van der Waals surface area contributed by atoms with Crippen molar-refractivity contribution in [3.63, 3.8) is 0 Å². The van der Waals surface area contributed by atoms with Crippen molar-refractivity contribution in [1.82, 2.24) is 15.1 Å². The van der Waals surface area contributed by atoms with Gasteiger partial charge in [0, 0.05) is 54.2 Å². The fraction of sp³-hybridized carbons (Fsp3) is 0.261. The molecule has 176 valence electrons. The van der Waals surface area contributed by atoms with Gasteiger partial charge in [0.15, 0.2) is 23.1 Å². The second-order valence-electron chi connectivity index (χ2n) is 8.27. The zero-order chi connectivity index (χ0) is 24.0. The molecule has 0 saturated heterocycles. The van der Waals surface area contributed by atoms with Crippen LogP contribution >= 0.6 is 0 Å². The van der Waals surface area contributed by atoms with Gasteiger partial charge in [-0.2, -0.15) is 0 Å². The van der Waals surface area contributed by atoms with E-state index in [1.54, 1.807) is 0 Å². The van der Waals surface area contributed by atoms with Crippen molar-refractivity contribution in [3.8, 4) is 11.3 Å². The van der Waals surface area contributed by atoms with Crippen molar-refractivity contribution >= 4 is 22.5 Å². The van der Waals surface area contributed by atoms with Crippen LogP contribution in [0.1, 0.15) is 47.8 Å². The van der Waals surface area contributed by atoms with Crippen LogP contribution in [0, 0.1) is 17.5 Å². The van der Waals surface area contributed by atoms with E-state index >= 15 is 0 Å². The highest BCUT2D eigenvalue weighted by Gasteiger charge is 2.36. The number of pyridine rings is 1. The minimum atomic E-state index is -2.72. The molecule has 2 N–H and O–H groups in total. The van der Waals surface area contributed by atoms with Gasteiger partial charge in [0.05, 0.1) is 16.9 Å². The van der Waals surface area contributed by atoms with Gasteiger partial charge in [0.25, 0.3) is 5.91 Å². The van der Waals surface area contributed by atoms with E-state index in [0.29, 0.717) is 5.52 Å². The lowest BCUT2D eigenvalue weighted by molar-refractivity contribution is -0.0387. The fourth-order valence-corrected chi connectivity index (χ4v) is 4.12. The lowest BCUT2D eigenvalue weighted by atomic mass is 9.84. The van der Waals surface area contributed by atoms with Gasteiger partial charge >= 0.3 is 0 Å². The number of aromatic nitrogens is 3. The molecule has 5 rings (SSSR count). The predicted octanol–water partition coefficient (Wildman–Crippen LogP) is 6.18. The van der Waals surface area contributed by atoms with Gasteiger partial charge in [-0.1, -0.05) is 5.16 Å². The largest absolute Gasteiger partial charge is 0.359 e. The first-order chi connectivity index (χ1) is 16.2. The third kappa shape index (κ3) is 4.13. The molecule has 6 nitrogen and oxygen atoms in total. The summed E-state index contributed by atoms with van der Waals surface area (Å²) in [5.41, 5.74) is 0.709. The van der Waals surface area contributed by atoms with Crippen molar-refractivity contribution in [3.05, 3.63) is 65.5 Å². The van der Waals surface area contributed by atoms with E-state index < -0.39 is 29.3 Å². The lowest BCUT2D eigenvalue weighted by Crippen LogP contribution is -2.24. The number of aromatic amines is 1. The van der Waals surface area contributed by atoms with Crippen LogP contribution in [-0.2, 0) is 0 Å². The quantitative estimate of drug-likeness (QED) is 0.345. The molecule has 4 aromatic rings. The maximum absolute atomic E-state index is 14.7. The third-order valence-electron chi connectivity index (χ3n) is 5.97. The number of rotatable bonds is 4. The maximum Gasteiger partial charge on any atom is 0.277 e. The van der Waals surface area contributed by atoms with Crippen LogP contribution in [-0.4, -0.2) is 27.0 Å². The smallest absolute Gasteiger partial charge is 0.277 e. The van der Waals surface area contributed by atoms with Crippen LogP contribution in [0.5, 0.6) is 0 Å². The molecule has 1 fully saturated rings. The Hall–Kier alpha value is -3.76. The molecule has 0 spiro atoms. The molecule has 0 unspecified atom stereocenters. The Bertz CT molecular complexity index is 1390. The van der Waals surface area contributed by atoms with Crippen LogP contribution < -0.4 is 5.32 Å². The fourth-order valence-electron chi connectivity index (χ4n) is 4.12. The van der Waals surface area contributed by atoms with Crippen LogP contribution in [0.15, 0.2) is 41.2 Å². The first-order valence-corrected chi connectivity index (χ1v) is 10.5. The Morgan fingerprint density at radius 2 is 1.79 bits per heavy atom. The number of nitrogens with one attached hydrogen (secondary N) is 2. The summed E-state index contributed by atoms with van der Waals surface area (Å²) in [5.74, 6) is -6.46. The average molecular weight is 476 g/mol.